The lowest BCUT2D eigenvalue weighted by Crippen LogP contribution is -2.09. The average Bonchev–Trinajstić information content (AvgIpc) is 2.33. The Bertz CT molecular complexity index is 279. The van der Waals surface area contributed by atoms with E-state index in [0.29, 0.717) is 11.7 Å². The molecule has 0 radical (unpaired) electrons. The number of fused-ring (bicyclic) bond motifs is 1. The Morgan fingerprint density at radius 2 is 2.50 bits per heavy atom. The van der Waals surface area contributed by atoms with Crippen molar-refractivity contribution in [1.29, 1.82) is 0 Å². The van der Waals surface area contributed by atoms with E-state index in [1.165, 1.54) is 11.8 Å². The number of nitrogens with two attached hydrogens (primary N) is 1. The number of hydrogen-bond donors (Lipinski definition) is 1. The van der Waals surface area contributed by atoms with Crippen LogP contribution in [0.2, 0.25) is 0 Å². The van der Waals surface area contributed by atoms with Gasteiger partial charge < -0.3 is 10.2 Å². The Hall–Kier alpha value is -0.900. The van der Waals surface area contributed by atoms with E-state index in [4.69, 9.17) is 10.2 Å². The first kappa shape index (κ1) is 5.85. The summed E-state index contributed by atoms with van der Waals surface area (Å²) >= 11 is 1.45. The molecule has 1 aliphatic rings. The van der Waals surface area contributed by atoms with E-state index in [9.17, 15) is 0 Å². The molecule has 2 rings (SSSR count). The van der Waals surface area contributed by atoms with Crippen molar-refractivity contribution in [3.63, 3.8) is 0 Å². The summed E-state index contributed by atoms with van der Waals surface area (Å²) < 4.78 is 4.97. The highest BCUT2D eigenvalue weighted by atomic mass is 32.2. The zero-order chi connectivity index (χ0) is 6.97. The third-order valence-corrected chi connectivity index (χ3v) is 2.24. The largest absolute Gasteiger partial charge is 0.471 e. The molecule has 1 aliphatic heterocycles. The number of thioether (sulfide) groups is 1. The first-order valence-electron chi connectivity index (χ1n) is 2.89. The first-order chi connectivity index (χ1) is 4.86. The van der Waals surface area contributed by atoms with Crippen molar-refractivity contribution in [2.45, 2.75) is 11.4 Å². The van der Waals surface area contributed by atoms with Crippen molar-refractivity contribution >= 4 is 16.9 Å². The number of hydrogen-bond acceptors (Lipinski definition) is 4. The summed E-state index contributed by atoms with van der Waals surface area (Å²) in [5.41, 5.74) is 6.60. The second-order valence-electron chi connectivity index (χ2n) is 2.02. The van der Waals surface area contributed by atoms with Gasteiger partial charge in [0.05, 0.1) is 17.7 Å². The SMILES string of the molecule is NC1=NCc2cocc2S1. The number of amidine groups is 1. The number of furan rings is 1. The molecular formula is C6H6N2OS. The Kier molecular flexibility index (Phi) is 1.20. The monoisotopic (exact) mass is 154 g/mol. The minimum atomic E-state index is 0.619. The van der Waals surface area contributed by atoms with Gasteiger partial charge in [0.25, 0.3) is 0 Å². The van der Waals surface area contributed by atoms with Gasteiger partial charge in [-0.15, -0.1) is 0 Å². The van der Waals surface area contributed by atoms with Crippen molar-refractivity contribution < 1.29 is 4.42 Å². The highest BCUT2D eigenvalue weighted by molar-refractivity contribution is 8.13. The van der Waals surface area contributed by atoms with E-state index in [1.54, 1.807) is 12.5 Å². The van der Waals surface area contributed by atoms with E-state index < -0.39 is 0 Å². The molecular weight excluding hydrogens is 148 g/mol. The van der Waals surface area contributed by atoms with Gasteiger partial charge in [0.1, 0.15) is 6.26 Å². The van der Waals surface area contributed by atoms with Crippen molar-refractivity contribution in [3.05, 3.63) is 18.1 Å². The van der Waals surface area contributed by atoms with E-state index in [2.05, 4.69) is 4.99 Å². The van der Waals surface area contributed by atoms with Crippen LogP contribution >= 0.6 is 11.8 Å². The molecule has 4 heteroatoms. The maximum absolute atomic E-state index is 5.48. The van der Waals surface area contributed by atoms with Gasteiger partial charge >= 0.3 is 0 Å². The first-order valence-corrected chi connectivity index (χ1v) is 3.71. The number of aliphatic imine (C=N–C) groups is 1. The molecule has 1 aromatic rings. The lowest BCUT2D eigenvalue weighted by molar-refractivity contribution is 0.560. The summed E-state index contributed by atoms with van der Waals surface area (Å²) in [5.74, 6) is 0. The minimum absolute atomic E-state index is 0.619. The summed E-state index contributed by atoms with van der Waals surface area (Å²) in [6.07, 6.45) is 3.40. The molecule has 0 amide bonds. The third kappa shape index (κ3) is 0.806. The van der Waals surface area contributed by atoms with E-state index >= 15 is 0 Å². The van der Waals surface area contributed by atoms with Gasteiger partial charge in [-0.25, -0.2) is 0 Å². The molecule has 0 aliphatic carbocycles. The van der Waals surface area contributed by atoms with E-state index in [-0.39, 0.29) is 0 Å². The van der Waals surface area contributed by atoms with Crippen molar-refractivity contribution in [2.24, 2.45) is 10.7 Å². The van der Waals surface area contributed by atoms with Crippen LogP contribution in [0, 0.1) is 0 Å². The quantitative estimate of drug-likeness (QED) is 0.610. The molecule has 1 aromatic heterocycles. The van der Waals surface area contributed by atoms with Gasteiger partial charge in [-0.1, -0.05) is 0 Å². The minimum Gasteiger partial charge on any atom is -0.471 e. The van der Waals surface area contributed by atoms with Gasteiger partial charge in [-0.05, 0) is 11.8 Å². The summed E-state index contributed by atoms with van der Waals surface area (Å²) in [4.78, 5) is 5.13. The average molecular weight is 154 g/mol. The van der Waals surface area contributed by atoms with Gasteiger partial charge in [-0.2, -0.15) is 0 Å². The number of rotatable bonds is 0. The molecule has 0 saturated heterocycles. The molecule has 0 aromatic carbocycles. The second kappa shape index (κ2) is 2.05. The normalized spacial score (nSPS) is 16.2. The molecule has 0 saturated carbocycles. The smallest absolute Gasteiger partial charge is 0.159 e. The molecule has 3 nitrogen and oxygen atoms in total. The highest BCUT2D eigenvalue weighted by Crippen LogP contribution is 2.28. The summed E-state index contributed by atoms with van der Waals surface area (Å²) in [7, 11) is 0. The van der Waals surface area contributed by atoms with E-state index in [1.807, 2.05) is 0 Å². The molecule has 0 bridgehead atoms. The fourth-order valence-corrected chi connectivity index (χ4v) is 1.53. The molecule has 0 spiro atoms. The molecule has 10 heavy (non-hydrogen) atoms. The zero-order valence-corrected chi connectivity index (χ0v) is 6.02. The topological polar surface area (TPSA) is 51.5 Å². The van der Waals surface area contributed by atoms with Crippen molar-refractivity contribution in [1.82, 2.24) is 0 Å². The van der Waals surface area contributed by atoms with Crippen LogP contribution in [-0.4, -0.2) is 5.17 Å². The lowest BCUT2D eigenvalue weighted by Gasteiger charge is -2.05. The van der Waals surface area contributed by atoms with Crippen LogP contribution in [0.4, 0.5) is 0 Å². The van der Waals surface area contributed by atoms with E-state index in [0.717, 1.165) is 10.5 Å². The Labute approximate surface area is 62.3 Å². The predicted octanol–water partition coefficient (Wildman–Crippen LogP) is 1.20. The fourth-order valence-electron chi connectivity index (χ4n) is 0.825. The molecule has 0 fully saturated rings. The molecule has 2 N–H and O–H groups in total. The van der Waals surface area contributed by atoms with Crippen LogP contribution in [0.1, 0.15) is 5.56 Å². The lowest BCUT2D eigenvalue weighted by atomic mass is 10.3. The van der Waals surface area contributed by atoms with Gasteiger partial charge in [0.2, 0.25) is 0 Å². The highest BCUT2D eigenvalue weighted by Gasteiger charge is 2.11. The van der Waals surface area contributed by atoms with Crippen molar-refractivity contribution in [3.8, 4) is 0 Å². The molecule has 0 atom stereocenters. The Morgan fingerprint density at radius 3 is 3.40 bits per heavy atom. The second-order valence-corrected chi connectivity index (χ2v) is 3.08. The molecule has 52 valence electrons. The van der Waals surface area contributed by atoms with Gasteiger partial charge in [0.15, 0.2) is 5.17 Å². The van der Waals surface area contributed by atoms with Gasteiger partial charge in [0, 0.05) is 5.56 Å². The standard InChI is InChI=1S/C6H6N2OS/c7-6-8-1-4-2-9-3-5(4)10-6/h2-3H,1H2,(H2,7,8). The Morgan fingerprint density at radius 1 is 1.60 bits per heavy atom. The summed E-state index contributed by atoms with van der Waals surface area (Å²) in [6.45, 7) is 0.657. The predicted molar refractivity (Wildman–Crippen MR) is 39.9 cm³/mol. The van der Waals surface area contributed by atoms with Crippen molar-refractivity contribution in [2.75, 3.05) is 0 Å². The van der Waals surface area contributed by atoms with Crippen LogP contribution < -0.4 is 5.73 Å². The number of nitrogens with zero attached hydrogens (tertiary/aromatic N) is 1. The Balaban J connectivity index is 2.39. The zero-order valence-electron chi connectivity index (χ0n) is 5.20. The van der Waals surface area contributed by atoms with Crippen LogP contribution in [0.3, 0.4) is 0 Å². The van der Waals surface area contributed by atoms with Crippen LogP contribution in [0.15, 0.2) is 26.8 Å². The maximum atomic E-state index is 5.48. The maximum Gasteiger partial charge on any atom is 0.159 e. The molecule has 0 unspecified atom stereocenters. The van der Waals surface area contributed by atoms with Gasteiger partial charge in [-0.3, -0.25) is 4.99 Å². The van der Waals surface area contributed by atoms with Crippen LogP contribution in [-0.2, 0) is 6.54 Å². The summed E-state index contributed by atoms with van der Waals surface area (Å²) in [5, 5.41) is 0.619. The fraction of sp³-hybridized carbons (Fsp3) is 0.167. The third-order valence-electron chi connectivity index (χ3n) is 1.32. The van der Waals surface area contributed by atoms with Crippen LogP contribution in [0.25, 0.3) is 0 Å². The van der Waals surface area contributed by atoms with Crippen LogP contribution in [0.5, 0.6) is 0 Å². The molecule has 2 heterocycles. The summed E-state index contributed by atoms with van der Waals surface area (Å²) in [6, 6.07) is 0.